The molecule has 0 aliphatic carbocycles. The van der Waals surface area contributed by atoms with Crippen molar-refractivity contribution in [2.45, 2.75) is 32.2 Å². The number of thioether (sulfide) groups is 1. The molecule has 0 radical (unpaired) electrons. The molecular weight excluding hydrogens is 302 g/mol. The van der Waals surface area contributed by atoms with Crippen LogP contribution in [0.15, 0.2) is 30.3 Å². The minimum atomic E-state index is -0.124. The highest BCUT2D eigenvalue weighted by atomic mass is 32.2. The van der Waals surface area contributed by atoms with Crippen LogP contribution in [0.2, 0.25) is 0 Å². The maximum atomic E-state index is 11.6. The first-order chi connectivity index (χ1) is 10.2. The lowest BCUT2D eigenvalue weighted by Crippen LogP contribution is -2.36. The number of carbonyl (C=O) groups excluding carboxylic acids is 1. The Morgan fingerprint density at radius 1 is 1.43 bits per heavy atom. The zero-order valence-electron chi connectivity index (χ0n) is 12.3. The Morgan fingerprint density at radius 3 is 2.90 bits per heavy atom. The van der Waals surface area contributed by atoms with Gasteiger partial charge >= 0.3 is 5.97 Å². The molecule has 1 heterocycles. The fourth-order valence-electron chi connectivity index (χ4n) is 2.44. The molecule has 1 atom stereocenters. The molecule has 114 valence electrons. The average Bonchev–Trinajstić information content (AvgIpc) is 2.81. The summed E-state index contributed by atoms with van der Waals surface area (Å²) in [7, 11) is 0. The minimum absolute atomic E-state index is 0.124. The van der Waals surface area contributed by atoms with E-state index in [9.17, 15) is 4.79 Å². The van der Waals surface area contributed by atoms with Gasteiger partial charge in [-0.25, -0.2) is 0 Å². The van der Waals surface area contributed by atoms with Gasteiger partial charge < -0.3 is 9.64 Å². The van der Waals surface area contributed by atoms with E-state index in [-0.39, 0.29) is 12.0 Å². The van der Waals surface area contributed by atoms with Gasteiger partial charge in [0.2, 0.25) is 0 Å². The van der Waals surface area contributed by atoms with Crippen LogP contribution in [0.25, 0.3) is 0 Å². The van der Waals surface area contributed by atoms with Crippen molar-refractivity contribution >= 4 is 34.3 Å². The van der Waals surface area contributed by atoms with Gasteiger partial charge in [0.15, 0.2) is 0 Å². The first kappa shape index (κ1) is 16.3. The lowest BCUT2D eigenvalue weighted by molar-refractivity contribution is -0.144. The summed E-state index contributed by atoms with van der Waals surface area (Å²) in [6, 6.07) is 10.6. The van der Waals surface area contributed by atoms with Gasteiger partial charge in [-0.15, -0.1) is 0 Å². The number of rotatable bonds is 7. The fraction of sp³-hybridized carbons (Fsp3) is 0.500. The summed E-state index contributed by atoms with van der Waals surface area (Å²) in [5.74, 6) is 0.768. The predicted molar refractivity (Wildman–Crippen MR) is 91.6 cm³/mol. The molecule has 1 aromatic carbocycles. The van der Waals surface area contributed by atoms with Crippen LogP contribution in [0.4, 0.5) is 0 Å². The molecular formula is C16H21NO2S2. The molecule has 1 fully saturated rings. The van der Waals surface area contributed by atoms with Crippen molar-refractivity contribution in [3.63, 3.8) is 0 Å². The van der Waals surface area contributed by atoms with E-state index < -0.39 is 0 Å². The second-order valence-corrected chi connectivity index (χ2v) is 6.68. The summed E-state index contributed by atoms with van der Waals surface area (Å²) < 4.78 is 5.96. The van der Waals surface area contributed by atoms with Gasteiger partial charge in [0, 0.05) is 12.3 Å². The number of hydrogen-bond donors (Lipinski definition) is 0. The van der Waals surface area contributed by atoms with E-state index in [1.165, 1.54) is 5.56 Å². The lowest BCUT2D eigenvalue weighted by Gasteiger charge is -2.24. The summed E-state index contributed by atoms with van der Waals surface area (Å²) >= 11 is 7.07. The third kappa shape index (κ3) is 5.00. The average molecular weight is 323 g/mol. The van der Waals surface area contributed by atoms with Gasteiger partial charge in [0.05, 0.1) is 19.1 Å². The predicted octanol–water partition coefficient (Wildman–Crippen LogP) is 3.27. The number of hydrogen-bond acceptors (Lipinski definition) is 4. The highest BCUT2D eigenvalue weighted by molar-refractivity contribution is 8.23. The van der Waals surface area contributed by atoms with E-state index >= 15 is 0 Å². The van der Waals surface area contributed by atoms with Crippen LogP contribution >= 0.6 is 24.0 Å². The van der Waals surface area contributed by atoms with E-state index in [1.54, 1.807) is 11.8 Å². The van der Waals surface area contributed by atoms with Crippen LogP contribution in [0.3, 0.4) is 0 Å². The van der Waals surface area contributed by atoms with Gasteiger partial charge in [-0.3, -0.25) is 4.79 Å². The van der Waals surface area contributed by atoms with Crippen molar-refractivity contribution in [2.75, 3.05) is 18.9 Å². The molecule has 1 unspecified atom stereocenters. The minimum Gasteiger partial charge on any atom is -0.466 e. The zero-order chi connectivity index (χ0) is 15.1. The number of esters is 1. The quantitative estimate of drug-likeness (QED) is 0.567. The van der Waals surface area contributed by atoms with E-state index in [2.05, 4.69) is 29.2 Å². The lowest BCUT2D eigenvalue weighted by atomic mass is 10.1. The Labute approximate surface area is 136 Å². The third-order valence-corrected chi connectivity index (χ3v) is 5.11. The van der Waals surface area contributed by atoms with Crippen LogP contribution in [0, 0.1) is 0 Å². The first-order valence-corrected chi connectivity index (χ1v) is 8.73. The number of ether oxygens (including phenoxy) is 1. The second kappa shape index (κ2) is 8.39. The molecule has 0 saturated carbocycles. The highest BCUT2D eigenvalue weighted by Gasteiger charge is 2.30. The number of carbonyl (C=O) groups is 1. The molecule has 0 amide bonds. The Bertz CT molecular complexity index is 478. The molecule has 0 N–H and O–H groups in total. The van der Waals surface area contributed by atoms with Crippen molar-refractivity contribution in [1.82, 2.24) is 4.90 Å². The van der Waals surface area contributed by atoms with E-state index in [1.807, 2.05) is 13.0 Å². The topological polar surface area (TPSA) is 29.5 Å². The molecule has 0 bridgehead atoms. The molecule has 21 heavy (non-hydrogen) atoms. The Balaban J connectivity index is 1.81. The normalized spacial score (nSPS) is 18.0. The number of nitrogens with zero attached hydrogens (tertiary/aromatic N) is 1. The molecule has 1 aliphatic rings. The summed E-state index contributed by atoms with van der Waals surface area (Å²) in [5.41, 5.74) is 1.34. The van der Waals surface area contributed by atoms with Crippen LogP contribution in [-0.2, 0) is 16.0 Å². The maximum absolute atomic E-state index is 11.6. The third-order valence-electron chi connectivity index (χ3n) is 3.49. The van der Waals surface area contributed by atoms with Crippen molar-refractivity contribution in [1.29, 1.82) is 0 Å². The molecule has 1 aromatic rings. The second-order valence-electron chi connectivity index (χ2n) is 5.02. The fourth-order valence-corrected chi connectivity index (χ4v) is 3.93. The monoisotopic (exact) mass is 323 g/mol. The smallest absolute Gasteiger partial charge is 0.307 e. The Kier molecular flexibility index (Phi) is 6.51. The largest absolute Gasteiger partial charge is 0.466 e. The summed E-state index contributed by atoms with van der Waals surface area (Å²) in [6.07, 6.45) is 2.52. The van der Waals surface area contributed by atoms with Crippen LogP contribution < -0.4 is 0 Å². The standard InChI is InChI=1S/C16H21NO2S2/c1-2-19-15(18)11-14-12-21-16(20)17(14)10-6-9-13-7-4-3-5-8-13/h3-5,7-8,14H,2,6,9-12H2,1H3. The maximum Gasteiger partial charge on any atom is 0.307 e. The molecule has 1 aliphatic heterocycles. The van der Waals surface area contributed by atoms with Crippen LogP contribution in [0.1, 0.15) is 25.3 Å². The summed E-state index contributed by atoms with van der Waals surface area (Å²) in [4.78, 5) is 13.8. The van der Waals surface area contributed by atoms with E-state index in [0.29, 0.717) is 13.0 Å². The zero-order valence-corrected chi connectivity index (χ0v) is 13.9. The summed E-state index contributed by atoms with van der Waals surface area (Å²) in [5, 5.41) is 0. The van der Waals surface area contributed by atoms with Gasteiger partial charge in [0.1, 0.15) is 4.32 Å². The Hall–Kier alpha value is -1.07. The van der Waals surface area contributed by atoms with Gasteiger partial charge in [-0.1, -0.05) is 54.3 Å². The molecule has 1 saturated heterocycles. The van der Waals surface area contributed by atoms with Crippen molar-refractivity contribution in [2.24, 2.45) is 0 Å². The number of benzene rings is 1. The van der Waals surface area contributed by atoms with E-state index in [0.717, 1.165) is 29.5 Å². The molecule has 2 rings (SSSR count). The van der Waals surface area contributed by atoms with Crippen molar-refractivity contribution < 1.29 is 9.53 Å². The van der Waals surface area contributed by atoms with Crippen molar-refractivity contribution in [3.05, 3.63) is 35.9 Å². The molecule has 3 nitrogen and oxygen atoms in total. The molecule has 5 heteroatoms. The molecule has 0 aromatic heterocycles. The van der Waals surface area contributed by atoms with Crippen LogP contribution in [0.5, 0.6) is 0 Å². The van der Waals surface area contributed by atoms with E-state index in [4.69, 9.17) is 17.0 Å². The number of aryl methyl sites for hydroxylation is 1. The molecule has 0 spiro atoms. The van der Waals surface area contributed by atoms with Crippen LogP contribution in [-0.4, -0.2) is 40.1 Å². The van der Waals surface area contributed by atoms with Gasteiger partial charge in [0.25, 0.3) is 0 Å². The SMILES string of the molecule is CCOC(=O)CC1CSC(=S)N1CCCc1ccccc1. The van der Waals surface area contributed by atoms with Crippen molar-refractivity contribution in [3.8, 4) is 0 Å². The first-order valence-electron chi connectivity index (χ1n) is 7.33. The van der Waals surface area contributed by atoms with Gasteiger partial charge in [-0.05, 0) is 25.3 Å². The Morgan fingerprint density at radius 2 is 2.19 bits per heavy atom. The number of thiocarbonyl (C=S) groups is 1. The summed E-state index contributed by atoms with van der Waals surface area (Å²) in [6.45, 7) is 3.19. The van der Waals surface area contributed by atoms with Gasteiger partial charge in [-0.2, -0.15) is 0 Å². The highest BCUT2D eigenvalue weighted by Crippen LogP contribution is 2.27.